The molecule has 3 heterocycles. The molecule has 0 bridgehead atoms. The molecule has 0 unspecified atom stereocenters. The first kappa shape index (κ1) is 16.2. The summed E-state index contributed by atoms with van der Waals surface area (Å²) in [7, 11) is 1.94. The van der Waals surface area contributed by atoms with Gasteiger partial charge in [-0.2, -0.15) is 5.10 Å². The van der Waals surface area contributed by atoms with Crippen molar-refractivity contribution in [3.63, 3.8) is 0 Å². The van der Waals surface area contributed by atoms with E-state index in [1.54, 1.807) is 0 Å². The topological polar surface area (TPSA) is 56.1 Å². The lowest BCUT2D eigenvalue weighted by Gasteiger charge is -2.42. The van der Waals surface area contributed by atoms with Crippen molar-refractivity contribution in [2.24, 2.45) is 7.05 Å². The van der Waals surface area contributed by atoms with Gasteiger partial charge in [-0.1, -0.05) is 20.8 Å². The molecule has 23 heavy (non-hydrogen) atoms. The maximum absolute atomic E-state index is 6.10. The fourth-order valence-corrected chi connectivity index (χ4v) is 3.33. The number of morpholine rings is 1. The second kappa shape index (κ2) is 6.43. The Hall–Kier alpha value is -1.69. The Labute approximate surface area is 137 Å². The summed E-state index contributed by atoms with van der Waals surface area (Å²) in [4.78, 5) is 11.9. The number of fused-ring (bicyclic) bond motifs is 1. The minimum atomic E-state index is -0.0668. The van der Waals surface area contributed by atoms with Crippen molar-refractivity contribution >= 4 is 16.9 Å². The third-order valence-corrected chi connectivity index (χ3v) is 4.93. The van der Waals surface area contributed by atoms with Crippen molar-refractivity contribution in [2.75, 3.05) is 24.6 Å². The van der Waals surface area contributed by atoms with Gasteiger partial charge in [0.15, 0.2) is 5.65 Å². The molecule has 6 nitrogen and oxygen atoms in total. The van der Waals surface area contributed by atoms with Gasteiger partial charge < -0.3 is 9.64 Å². The van der Waals surface area contributed by atoms with Gasteiger partial charge in [0, 0.05) is 26.6 Å². The maximum atomic E-state index is 6.10. The molecule has 0 saturated carbocycles. The van der Waals surface area contributed by atoms with Crippen LogP contribution in [0, 0.1) is 0 Å². The summed E-state index contributed by atoms with van der Waals surface area (Å²) >= 11 is 0. The van der Waals surface area contributed by atoms with Crippen LogP contribution < -0.4 is 4.90 Å². The second-order valence-corrected chi connectivity index (χ2v) is 6.38. The number of hydrogen-bond acceptors (Lipinski definition) is 5. The molecular weight excluding hydrogens is 290 g/mol. The summed E-state index contributed by atoms with van der Waals surface area (Å²) < 4.78 is 7.95. The molecule has 0 N–H and O–H groups in total. The van der Waals surface area contributed by atoms with Crippen molar-refractivity contribution in [2.45, 2.75) is 52.1 Å². The van der Waals surface area contributed by atoms with E-state index < -0.39 is 0 Å². The Morgan fingerprint density at radius 1 is 1.22 bits per heavy atom. The Kier molecular flexibility index (Phi) is 4.53. The Balaban J connectivity index is 2.04. The number of aromatic nitrogens is 4. The van der Waals surface area contributed by atoms with Crippen LogP contribution in [0.4, 0.5) is 5.82 Å². The first-order valence-electron chi connectivity index (χ1n) is 8.70. The molecule has 6 heteroatoms. The van der Waals surface area contributed by atoms with Gasteiger partial charge in [-0.15, -0.1) is 0 Å². The predicted octanol–water partition coefficient (Wildman–Crippen LogP) is 2.71. The SMILES string of the molecule is CCCc1nc(N2CCOC(CC)(CC)C2)c2cnn(C)c2n1. The highest BCUT2D eigenvalue weighted by Gasteiger charge is 2.34. The summed E-state index contributed by atoms with van der Waals surface area (Å²) in [5.41, 5.74) is 0.853. The van der Waals surface area contributed by atoms with Gasteiger partial charge in [-0.25, -0.2) is 9.97 Å². The van der Waals surface area contributed by atoms with E-state index in [4.69, 9.17) is 9.72 Å². The highest BCUT2D eigenvalue weighted by Crippen LogP contribution is 2.31. The Morgan fingerprint density at radius 3 is 2.70 bits per heavy atom. The molecular formula is C17H27N5O. The van der Waals surface area contributed by atoms with E-state index in [1.165, 1.54) is 0 Å². The summed E-state index contributed by atoms with van der Waals surface area (Å²) in [5, 5.41) is 5.42. The van der Waals surface area contributed by atoms with Gasteiger partial charge in [-0.3, -0.25) is 4.68 Å². The van der Waals surface area contributed by atoms with Crippen LogP contribution in [-0.4, -0.2) is 45.0 Å². The maximum Gasteiger partial charge on any atom is 0.163 e. The summed E-state index contributed by atoms with van der Waals surface area (Å²) in [6.45, 7) is 9.06. The molecule has 1 saturated heterocycles. The van der Waals surface area contributed by atoms with E-state index in [9.17, 15) is 0 Å². The third-order valence-electron chi connectivity index (χ3n) is 4.93. The van der Waals surface area contributed by atoms with E-state index in [1.807, 2.05) is 17.9 Å². The zero-order chi connectivity index (χ0) is 16.4. The molecule has 2 aromatic rings. The minimum Gasteiger partial charge on any atom is -0.371 e. The second-order valence-electron chi connectivity index (χ2n) is 6.38. The molecule has 0 spiro atoms. The van der Waals surface area contributed by atoms with E-state index in [0.717, 1.165) is 68.1 Å². The molecule has 1 aliphatic heterocycles. The first-order chi connectivity index (χ1) is 11.1. The van der Waals surface area contributed by atoms with E-state index in [2.05, 4.69) is 35.8 Å². The quantitative estimate of drug-likeness (QED) is 0.848. The third kappa shape index (κ3) is 2.92. The molecule has 2 aromatic heterocycles. The molecule has 1 aliphatic rings. The van der Waals surface area contributed by atoms with Gasteiger partial charge in [-0.05, 0) is 19.3 Å². The van der Waals surface area contributed by atoms with Gasteiger partial charge in [0.05, 0.1) is 23.8 Å². The number of ether oxygens (including phenoxy) is 1. The number of aryl methyl sites for hydroxylation is 2. The molecule has 3 rings (SSSR count). The van der Waals surface area contributed by atoms with E-state index in [-0.39, 0.29) is 5.60 Å². The first-order valence-corrected chi connectivity index (χ1v) is 8.70. The van der Waals surface area contributed by atoms with Crippen LogP contribution in [-0.2, 0) is 18.2 Å². The van der Waals surface area contributed by atoms with Crippen LogP contribution in [0.5, 0.6) is 0 Å². The standard InChI is InChI=1S/C17H27N5O/c1-5-8-14-19-15-13(11-18-21(15)4)16(20-14)22-9-10-23-17(6-2,7-3)12-22/h11H,5-10,12H2,1-4H3. The van der Waals surface area contributed by atoms with E-state index >= 15 is 0 Å². The fraction of sp³-hybridized carbons (Fsp3) is 0.706. The largest absolute Gasteiger partial charge is 0.371 e. The van der Waals surface area contributed by atoms with Gasteiger partial charge in [0.2, 0.25) is 0 Å². The highest BCUT2D eigenvalue weighted by molar-refractivity contribution is 5.87. The summed E-state index contributed by atoms with van der Waals surface area (Å²) in [6, 6.07) is 0. The fourth-order valence-electron chi connectivity index (χ4n) is 3.33. The molecule has 126 valence electrons. The molecule has 0 atom stereocenters. The minimum absolute atomic E-state index is 0.0668. The normalized spacial score (nSPS) is 17.8. The molecule has 1 fully saturated rings. The number of rotatable bonds is 5. The average Bonchev–Trinajstić information content (AvgIpc) is 2.96. The lowest BCUT2D eigenvalue weighted by Crippen LogP contribution is -2.51. The van der Waals surface area contributed by atoms with Crippen molar-refractivity contribution in [3.05, 3.63) is 12.0 Å². The van der Waals surface area contributed by atoms with Crippen molar-refractivity contribution in [1.29, 1.82) is 0 Å². The van der Waals surface area contributed by atoms with Crippen LogP contribution in [0.2, 0.25) is 0 Å². The van der Waals surface area contributed by atoms with Gasteiger partial charge >= 0.3 is 0 Å². The van der Waals surface area contributed by atoms with Crippen LogP contribution in [0.3, 0.4) is 0 Å². The lowest BCUT2D eigenvalue weighted by atomic mass is 9.95. The van der Waals surface area contributed by atoms with Gasteiger partial charge in [0.1, 0.15) is 11.6 Å². The van der Waals surface area contributed by atoms with Crippen LogP contribution >= 0.6 is 0 Å². The lowest BCUT2D eigenvalue weighted by molar-refractivity contribution is -0.0606. The monoisotopic (exact) mass is 317 g/mol. The average molecular weight is 317 g/mol. The zero-order valence-corrected chi connectivity index (χ0v) is 14.7. The van der Waals surface area contributed by atoms with Crippen LogP contribution in [0.15, 0.2) is 6.20 Å². The molecule has 0 amide bonds. The van der Waals surface area contributed by atoms with Crippen molar-refractivity contribution < 1.29 is 4.74 Å². The predicted molar refractivity (Wildman–Crippen MR) is 91.8 cm³/mol. The number of nitrogens with zero attached hydrogens (tertiary/aromatic N) is 5. The van der Waals surface area contributed by atoms with E-state index in [0.29, 0.717) is 0 Å². The molecule has 0 aromatic carbocycles. The number of anilines is 1. The van der Waals surface area contributed by atoms with Crippen LogP contribution in [0.1, 0.15) is 45.9 Å². The van der Waals surface area contributed by atoms with Crippen LogP contribution in [0.25, 0.3) is 11.0 Å². The number of hydrogen-bond donors (Lipinski definition) is 0. The van der Waals surface area contributed by atoms with Gasteiger partial charge in [0.25, 0.3) is 0 Å². The smallest absolute Gasteiger partial charge is 0.163 e. The molecule has 0 radical (unpaired) electrons. The Morgan fingerprint density at radius 2 is 2.00 bits per heavy atom. The highest BCUT2D eigenvalue weighted by atomic mass is 16.5. The van der Waals surface area contributed by atoms with Crippen molar-refractivity contribution in [1.82, 2.24) is 19.7 Å². The zero-order valence-electron chi connectivity index (χ0n) is 14.7. The summed E-state index contributed by atoms with van der Waals surface area (Å²) in [5.74, 6) is 1.92. The summed E-state index contributed by atoms with van der Waals surface area (Å²) in [6.07, 6.45) is 5.85. The molecule has 0 aliphatic carbocycles. The Bertz CT molecular complexity index is 677. The van der Waals surface area contributed by atoms with Crippen molar-refractivity contribution in [3.8, 4) is 0 Å².